The molecule has 1 aromatic carbocycles. The number of rotatable bonds is 2. The summed E-state index contributed by atoms with van der Waals surface area (Å²) in [5.74, 6) is 1.02. The maximum atomic E-state index is 9.98. The van der Waals surface area contributed by atoms with E-state index in [-0.39, 0.29) is 6.10 Å². The second-order valence-corrected chi connectivity index (χ2v) is 5.83. The molecule has 1 aromatic rings. The lowest BCUT2D eigenvalue weighted by Gasteiger charge is -2.24. The highest BCUT2D eigenvalue weighted by Crippen LogP contribution is 2.42. The van der Waals surface area contributed by atoms with Gasteiger partial charge < -0.3 is 15.7 Å². The topological polar surface area (TPSA) is 49.5 Å². The van der Waals surface area contributed by atoms with Crippen molar-refractivity contribution in [3.05, 3.63) is 28.8 Å². The molecule has 1 aliphatic heterocycles. The van der Waals surface area contributed by atoms with Gasteiger partial charge in [-0.2, -0.15) is 0 Å². The Morgan fingerprint density at radius 1 is 1.33 bits per heavy atom. The summed E-state index contributed by atoms with van der Waals surface area (Å²) in [6.07, 6.45) is 1.95. The van der Waals surface area contributed by atoms with Crippen molar-refractivity contribution in [2.75, 3.05) is 18.0 Å². The summed E-state index contributed by atoms with van der Waals surface area (Å²) >= 11 is 6.32. The number of nitrogens with zero attached hydrogens (tertiary/aromatic N) is 1. The van der Waals surface area contributed by atoms with Crippen molar-refractivity contribution in [2.24, 2.45) is 17.6 Å². The van der Waals surface area contributed by atoms with Gasteiger partial charge >= 0.3 is 0 Å². The summed E-state index contributed by atoms with van der Waals surface area (Å²) in [5.41, 5.74) is 7.96. The molecule has 3 nitrogen and oxygen atoms in total. The molecular formula is C14H19ClN2O. The maximum absolute atomic E-state index is 9.98. The van der Waals surface area contributed by atoms with Gasteiger partial charge in [0.25, 0.3) is 0 Å². The Morgan fingerprint density at radius 3 is 2.89 bits per heavy atom. The summed E-state index contributed by atoms with van der Waals surface area (Å²) in [6.45, 7) is 2.41. The van der Waals surface area contributed by atoms with Crippen LogP contribution in [0.25, 0.3) is 0 Å². The lowest BCUT2D eigenvalue weighted by Crippen LogP contribution is -2.26. The average Bonchev–Trinajstić information content (AvgIpc) is 2.91. The minimum Gasteiger partial charge on any atom is -0.393 e. The predicted octanol–water partition coefficient (Wildman–Crippen LogP) is 2.01. The molecule has 3 rings (SSSR count). The number of halogens is 1. The zero-order chi connectivity index (χ0) is 12.7. The van der Waals surface area contributed by atoms with Gasteiger partial charge in [0.05, 0.1) is 16.8 Å². The van der Waals surface area contributed by atoms with E-state index in [2.05, 4.69) is 4.90 Å². The van der Waals surface area contributed by atoms with E-state index in [0.29, 0.717) is 18.4 Å². The normalized spacial score (nSPS) is 30.8. The number of anilines is 1. The minimum atomic E-state index is -0.135. The standard InChI is InChI=1S/C14H19ClN2O/c15-12-3-1-2-9(6-16)14(12)17-7-10-4-5-13(18)11(10)8-17/h1-3,10-11,13,18H,4-8,16H2. The number of nitrogens with two attached hydrogens (primary N) is 1. The largest absolute Gasteiger partial charge is 0.393 e. The number of hydrogen-bond donors (Lipinski definition) is 2. The maximum Gasteiger partial charge on any atom is 0.0642 e. The Labute approximate surface area is 113 Å². The Bertz CT molecular complexity index is 451. The third kappa shape index (κ3) is 1.91. The van der Waals surface area contributed by atoms with E-state index >= 15 is 0 Å². The van der Waals surface area contributed by atoms with Crippen LogP contribution in [0.5, 0.6) is 0 Å². The van der Waals surface area contributed by atoms with E-state index in [4.69, 9.17) is 17.3 Å². The molecule has 2 fully saturated rings. The summed E-state index contributed by atoms with van der Waals surface area (Å²) in [4.78, 5) is 2.31. The Balaban J connectivity index is 1.89. The van der Waals surface area contributed by atoms with E-state index in [1.807, 2.05) is 18.2 Å². The summed E-state index contributed by atoms with van der Waals surface area (Å²) in [5, 5.41) is 10.7. The van der Waals surface area contributed by atoms with Crippen LogP contribution < -0.4 is 10.6 Å². The second-order valence-electron chi connectivity index (χ2n) is 5.43. The van der Waals surface area contributed by atoms with E-state index in [0.717, 1.165) is 42.2 Å². The van der Waals surface area contributed by atoms with E-state index in [1.165, 1.54) is 0 Å². The van der Waals surface area contributed by atoms with Crippen molar-refractivity contribution in [1.29, 1.82) is 0 Å². The molecule has 0 bridgehead atoms. The average molecular weight is 267 g/mol. The SMILES string of the molecule is NCc1cccc(Cl)c1N1CC2CCC(O)C2C1. The highest BCUT2D eigenvalue weighted by atomic mass is 35.5. The Kier molecular flexibility index (Phi) is 3.22. The van der Waals surface area contributed by atoms with Gasteiger partial charge in [-0.05, 0) is 30.4 Å². The van der Waals surface area contributed by atoms with E-state index in [9.17, 15) is 5.11 Å². The lowest BCUT2D eigenvalue weighted by atomic mass is 10.00. The van der Waals surface area contributed by atoms with Crippen LogP contribution in [0.4, 0.5) is 5.69 Å². The summed E-state index contributed by atoms with van der Waals surface area (Å²) in [7, 11) is 0. The van der Waals surface area contributed by atoms with Crippen molar-refractivity contribution >= 4 is 17.3 Å². The van der Waals surface area contributed by atoms with E-state index < -0.39 is 0 Å². The number of aliphatic hydroxyl groups is 1. The molecule has 1 saturated carbocycles. The molecule has 0 amide bonds. The zero-order valence-corrected chi connectivity index (χ0v) is 11.1. The van der Waals surface area contributed by atoms with Crippen LogP contribution in [-0.2, 0) is 6.54 Å². The van der Waals surface area contributed by atoms with Gasteiger partial charge in [-0.3, -0.25) is 0 Å². The molecule has 4 heteroatoms. The quantitative estimate of drug-likeness (QED) is 0.861. The molecule has 1 saturated heterocycles. The van der Waals surface area contributed by atoms with Crippen LogP contribution in [0.1, 0.15) is 18.4 Å². The van der Waals surface area contributed by atoms with Crippen molar-refractivity contribution < 1.29 is 5.11 Å². The van der Waals surface area contributed by atoms with Crippen LogP contribution in [-0.4, -0.2) is 24.3 Å². The van der Waals surface area contributed by atoms with Crippen molar-refractivity contribution in [1.82, 2.24) is 0 Å². The molecule has 0 aromatic heterocycles. The van der Waals surface area contributed by atoms with Gasteiger partial charge in [-0.15, -0.1) is 0 Å². The fraction of sp³-hybridized carbons (Fsp3) is 0.571. The van der Waals surface area contributed by atoms with Crippen LogP contribution >= 0.6 is 11.6 Å². The molecule has 1 heterocycles. The van der Waals surface area contributed by atoms with Gasteiger partial charge in [-0.25, -0.2) is 0 Å². The molecule has 1 aliphatic carbocycles. The molecule has 2 aliphatic rings. The summed E-state index contributed by atoms with van der Waals surface area (Å²) in [6, 6.07) is 5.89. The first-order valence-corrected chi connectivity index (χ1v) is 6.99. The molecule has 0 spiro atoms. The molecule has 0 radical (unpaired) electrons. The molecular weight excluding hydrogens is 248 g/mol. The second kappa shape index (κ2) is 4.72. The van der Waals surface area contributed by atoms with Crippen LogP contribution in [0, 0.1) is 11.8 Å². The van der Waals surface area contributed by atoms with Gasteiger partial charge in [0.15, 0.2) is 0 Å². The Hall–Kier alpha value is -0.770. The first-order chi connectivity index (χ1) is 8.70. The number of benzene rings is 1. The van der Waals surface area contributed by atoms with Crippen LogP contribution in [0.3, 0.4) is 0 Å². The highest BCUT2D eigenvalue weighted by molar-refractivity contribution is 6.33. The van der Waals surface area contributed by atoms with Gasteiger partial charge in [0.2, 0.25) is 0 Å². The van der Waals surface area contributed by atoms with Gasteiger partial charge in [0.1, 0.15) is 0 Å². The molecule has 3 N–H and O–H groups in total. The third-order valence-electron chi connectivity index (χ3n) is 4.43. The number of fused-ring (bicyclic) bond motifs is 1. The summed E-state index contributed by atoms with van der Waals surface area (Å²) < 4.78 is 0. The fourth-order valence-electron chi connectivity index (χ4n) is 3.50. The Morgan fingerprint density at radius 2 is 2.17 bits per heavy atom. The van der Waals surface area contributed by atoms with E-state index in [1.54, 1.807) is 0 Å². The fourth-order valence-corrected chi connectivity index (χ4v) is 3.81. The molecule has 3 atom stereocenters. The monoisotopic (exact) mass is 266 g/mol. The zero-order valence-electron chi connectivity index (χ0n) is 10.3. The number of hydrogen-bond acceptors (Lipinski definition) is 3. The van der Waals surface area contributed by atoms with Crippen molar-refractivity contribution in [2.45, 2.75) is 25.5 Å². The highest BCUT2D eigenvalue weighted by Gasteiger charge is 2.42. The third-order valence-corrected chi connectivity index (χ3v) is 4.73. The number of aliphatic hydroxyl groups excluding tert-OH is 1. The van der Waals surface area contributed by atoms with Crippen LogP contribution in [0.2, 0.25) is 5.02 Å². The van der Waals surface area contributed by atoms with Crippen molar-refractivity contribution in [3.63, 3.8) is 0 Å². The van der Waals surface area contributed by atoms with Gasteiger partial charge in [0, 0.05) is 25.6 Å². The smallest absolute Gasteiger partial charge is 0.0642 e. The number of para-hydroxylation sites is 1. The van der Waals surface area contributed by atoms with Crippen LogP contribution in [0.15, 0.2) is 18.2 Å². The van der Waals surface area contributed by atoms with Gasteiger partial charge in [-0.1, -0.05) is 23.7 Å². The first-order valence-electron chi connectivity index (χ1n) is 6.61. The molecule has 18 heavy (non-hydrogen) atoms. The molecule has 98 valence electrons. The minimum absolute atomic E-state index is 0.135. The first kappa shape index (κ1) is 12.3. The lowest BCUT2D eigenvalue weighted by molar-refractivity contribution is 0.133. The van der Waals surface area contributed by atoms with Crippen molar-refractivity contribution in [3.8, 4) is 0 Å². The molecule has 3 unspecified atom stereocenters. The predicted molar refractivity (Wildman–Crippen MR) is 73.8 cm³/mol.